The van der Waals surface area contributed by atoms with E-state index in [4.69, 9.17) is 33.1 Å². The SMILES string of the molecule is NCCCC[C@H](NC(=O)[C@H](CCCCN)NC(=O)[C@@H](N)CCCCN)C(=O)N[C@@H](CO)C(=O)N[C@@H](CO)C(=O)O. The third-order valence-corrected chi connectivity index (χ3v) is 6.08. The van der Waals surface area contributed by atoms with E-state index >= 15 is 0 Å². The van der Waals surface area contributed by atoms with Crippen molar-refractivity contribution < 1.29 is 39.3 Å². The van der Waals surface area contributed by atoms with Gasteiger partial charge in [-0.1, -0.05) is 6.42 Å². The van der Waals surface area contributed by atoms with Gasteiger partial charge in [-0.3, -0.25) is 19.2 Å². The largest absolute Gasteiger partial charge is 0.480 e. The fraction of sp³-hybridized carbons (Fsp3) is 0.792. The fourth-order valence-electron chi connectivity index (χ4n) is 3.64. The molecular weight excluding hydrogens is 528 g/mol. The number of carbonyl (C=O) groups is 5. The maximum absolute atomic E-state index is 13.2. The lowest BCUT2D eigenvalue weighted by Gasteiger charge is -2.26. The minimum absolute atomic E-state index is 0.130. The highest BCUT2D eigenvalue weighted by atomic mass is 16.4. The van der Waals surface area contributed by atoms with Gasteiger partial charge in [-0.25, -0.2) is 4.79 Å². The van der Waals surface area contributed by atoms with Gasteiger partial charge in [0.15, 0.2) is 0 Å². The van der Waals surface area contributed by atoms with Crippen molar-refractivity contribution in [2.75, 3.05) is 32.8 Å². The average molecular weight is 577 g/mol. The highest BCUT2D eigenvalue weighted by Crippen LogP contribution is 2.07. The van der Waals surface area contributed by atoms with E-state index in [9.17, 15) is 29.1 Å². The number of carboxylic acid groups (broad SMARTS) is 1. The summed E-state index contributed by atoms with van der Waals surface area (Å²) in [6, 6.07) is -6.22. The minimum Gasteiger partial charge on any atom is -0.480 e. The van der Waals surface area contributed by atoms with Crippen molar-refractivity contribution in [1.82, 2.24) is 21.3 Å². The van der Waals surface area contributed by atoms with Crippen molar-refractivity contribution in [2.45, 2.75) is 88.0 Å². The molecule has 0 bridgehead atoms. The molecule has 0 aromatic rings. The molecule has 0 unspecified atom stereocenters. The first-order chi connectivity index (χ1) is 19.1. The van der Waals surface area contributed by atoms with Gasteiger partial charge in [0, 0.05) is 0 Å². The Labute approximate surface area is 234 Å². The molecule has 0 saturated carbocycles. The molecule has 0 saturated heterocycles. The number of hydrogen-bond donors (Lipinski definition) is 11. The van der Waals surface area contributed by atoms with Crippen LogP contribution in [0.3, 0.4) is 0 Å². The van der Waals surface area contributed by atoms with Crippen LogP contribution in [-0.2, 0) is 24.0 Å². The van der Waals surface area contributed by atoms with Gasteiger partial charge in [0.25, 0.3) is 0 Å². The Morgan fingerprint density at radius 1 is 0.525 bits per heavy atom. The van der Waals surface area contributed by atoms with E-state index in [1.54, 1.807) is 0 Å². The maximum Gasteiger partial charge on any atom is 0.328 e. The van der Waals surface area contributed by atoms with Gasteiger partial charge in [-0.15, -0.1) is 0 Å². The summed E-state index contributed by atoms with van der Waals surface area (Å²) in [7, 11) is 0. The van der Waals surface area contributed by atoms with Gasteiger partial charge in [-0.2, -0.15) is 0 Å². The Balaban J connectivity index is 5.59. The van der Waals surface area contributed by atoms with Gasteiger partial charge < -0.3 is 59.5 Å². The molecule has 0 rings (SSSR count). The van der Waals surface area contributed by atoms with Gasteiger partial charge in [0.2, 0.25) is 23.6 Å². The number of rotatable bonds is 23. The first-order valence-corrected chi connectivity index (χ1v) is 13.6. The zero-order chi connectivity index (χ0) is 30.5. The molecule has 16 heteroatoms. The molecule has 4 amide bonds. The van der Waals surface area contributed by atoms with Gasteiger partial charge in [-0.05, 0) is 71.0 Å². The van der Waals surface area contributed by atoms with Crippen LogP contribution in [0.15, 0.2) is 0 Å². The van der Waals surface area contributed by atoms with Crippen LogP contribution in [0.1, 0.15) is 57.8 Å². The van der Waals surface area contributed by atoms with Crippen molar-refractivity contribution in [2.24, 2.45) is 22.9 Å². The summed E-state index contributed by atoms with van der Waals surface area (Å²) >= 11 is 0. The predicted molar refractivity (Wildman–Crippen MR) is 146 cm³/mol. The van der Waals surface area contributed by atoms with E-state index in [1.165, 1.54) is 0 Å². The molecule has 0 fully saturated rings. The quantitative estimate of drug-likeness (QED) is 0.0515. The van der Waals surface area contributed by atoms with Crippen LogP contribution in [0.25, 0.3) is 0 Å². The normalized spacial score (nSPS) is 14.8. The molecule has 232 valence electrons. The van der Waals surface area contributed by atoms with E-state index in [2.05, 4.69) is 16.0 Å². The van der Waals surface area contributed by atoms with Crippen LogP contribution in [0, 0.1) is 0 Å². The van der Waals surface area contributed by atoms with Crippen molar-refractivity contribution in [3.05, 3.63) is 0 Å². The Morgan fingerprint density at radius 2 is 0.875 bits per heavy atom. The molecule has 16 nitrogen and oxygen atoms in total. The molecule has 0 spiro atoms. The van der Waals surface area contributed by atoms with Crippen molar-refractivity contribution in [1.29, 1.82) is 0 Å². The Kier molecular flexibility index (Phi) is 20.3. The second kappa shape index (κ2) is 21.9. The van der Waals surface area contributed by atoms with E-state index in [0.717, 1.165) is 0 Å². The molecule has 15 N–H and O–H groups in total. The number of amides is 4. The van der Waals surface area contributed by atoms with Gasteiger partial charge in [0.05, 0.1) is 19.3 Å². The summed E-state index contributed by atoms with van der Waals surface area (Å²) in [6.07, 6.45) is 4.18. The fourth-order valence-corrected chi connectivity index (χ4v) is 3.64. The van der Waals surface area contributed by atoms with E-state index in [1.807, 2.05) is 5.32 Å². The highest BCUT2D eigenvalue weighted by molar-refractivity contribution is 5.95. The second-order valence-electron chi connectivity index (χ2n) is 9.41. The molecule has 0 aromatic carbocycles. The van der Waals surface area contributed by atoms with Crippen molar-refractivity contribution in [3.8, 4) is 0 Å². The number of nitrogens with two attached hydrogens (primary N) is 4. The predicted octanol–water partition coefficient (Wildman–Crippen LogP) is -4.29. The standard InChI is InChI=1S/C24H48N8O8/c25-10-4-1-7-15(28)20(35)29-16(8-2-5-11-26)21(36)30-17(9-3-6-12-27)22(37)31-18(13-33)23(38)32-19(14-34)24(39)40/h15-19,33-34H,1-14,25-28H2,(H,29,35)(H,30,36)(H,31,37)(H,32,38)(H,39,40)/t15-,16-,17-,18-,19-/m0/s1. The zero-order valence-corrected chi connectivity index (χ0v) is 23.0. The number of nitrogens with one attached hydrogen (secondary N) is 4. The molecule has 0 aromatic heterocycles. The number of carboxylic acids is 1. The van der Waals surface area contributed by atoms with E-state index in [-0.39, 0.29) is 12.8 Å². The Hall–Kier alpha value is -2.89. The maximum atomic E-state index is 13.2. The first kappa shape index (κ1) is 37.1. The number of unbranched alkanes of at least 4 members (excludes halogenated alkanes) is 3. The number of aliphatic hydroxyl groups excluding tert-OH is 2. The number of aliphatic hydroxyl groups is 2. The monoisotopic (exact) mass is 576 g/mol. The van der Waals surface area contributed by atoms with Gasteiger partial charge >= 0.3 is 5.97 Å². The molecule has 0 aliphatic heterocycles. The van der Waals surface area contributed by atoms with E-state index in [0.29, 0.717) is 64.6 Å². The van der Waals surface area contributed by atoms with Crippen LogP contribution < -0.4 is 44.2 Å². The van der Waals surface area contributed by atoms with Crippen LogP contribution in [0.4, 0.5) is 0 Å². The van der Waals surface area contributed by atoms with Gasteiger partial charge in [0.1, 0.15) is 24.2 Å². The van der Waals surface area contributed by atoms with Crippen molar-refractivity contribution >= 4 is 29.6 Å². The lowest BCUT2D eigenvalue weighted by Crippen LogP contribution is -2.59. The second-order valence-corrected chi connectivity index (χ2v) is 9.41. The van der Waals surface area contributed by atoms with Crippen LogP contribution in [0.2, 0.25) is 0 Å². The lowest BCUT2D eigenvalue weighted by molar-refractivity contribution is -0.143. The Morgan fingerprint density at radius 3 is 1.27 bits per heavy atom. The minimum atomic E-state index is -1.64. The molecule has 5 atom stereocenters. The summed E-state index contributed by atoms with van der Waals surface area (Å²) < 4.78 is 0. The van der Waals surface area contributed by atoms with Crippen LogP contribution in [-0.4, -0.2) is 108 Å². The van der Waals surface area contributed by atoms with Crippen LogP contribution >= 0.6 is 0 Å². The summed E-state index contributed by atoms with van der Waals surface area (Å²) in [5.41, 5.74) is 22.5. The molecular formula is C24H48N8O8. The van der Waals surface area contributed by atoms with Crippen LogP contribution in [0.5, 0.6) is 0 Å². The lowest BCUT2D eigenvalue weighted by atomic mass is 10.0. The topological polar surface area (TPSA) is 298 Å². The smallest absolute Gasteiger partial charge is 0.328 e. The summed E-state index contributed by atoms with van der Waals surface area (Å²) in [5.74, 6) is -4.54. The Bertz CT molecular complexity index is 788. The summed E-state index contributed by atoms with van der Waals surface area (Å²) in [4.78, 5) is 62.4. The molecule has 40 heavy (non-hydrogen) atoms. The van der Waals surface area contributed by atoms with E-state index < -0.39 is 73.0 Å². The summed E-state index contributed by atoms with van der Waals surface area (Å²) in [6.45, 7) is -0.597. The number of hydrogen-bond acceptors (Lipinski definition) is 11. The number of carbonyl (C=O) groups excluding carboxylic acids is 4. The molecule has 0 heterocycles. The number of aliphatic carboxylic acids is 1. The van der Waals surface area contributed by atoms with Crippen molar-refractivity contribution in [3.63, 3.8) is 0 Å². The third kappa shape index (κ3) is 15.0. The summed E-state index contributed by atoms with van der Waals surface area (Å²) in [5, 5.41) is 37.3. The molecule has 0 aliphatic rings. The highest BCUT2D eigenvalue weighted by Gasteiger charge is 2.31. The first-order valence-electron chi connectivity index (χ1n) is 13.6. The molecule has 0 radical (unpaired) electrons. The molecule has 0 aliphatic carbocycles. The zero-order valence-electron chi connectivity index (χ0n) is 23.0. The third-order valence-electron chi connectivity index (χ3n) is 6.08. The average Bonchev–Trinajstić information content (AvgIpc) is 2.92.